The van der Waals surface area contributed by atoms with E-state index in [4.69, 9.17) is 11.6 Å². The average Bonchev–Trinajstić information content (AvgIpc) is 2.84. The maximum atomic E-state index is 13.7. The maximum Gasteiger partial charge on any atom is 0.254 e. The van der Waals surface area contributed by atoms with E-state index in [9.17, 15) is 13.6 Å². The highest BCUT2D eigenvalue weighted by atomic mass is 35.5. The monoisotopic (exact) mass is 307 g/mol. The SMILES string of the molecule is O=C(NC1Cc2ccccc2C1)c1cc(F)c(Cl)cc1F. The van der Waals surface area contributed by atoms with Crippen LogP contribution < -0.4 is 5.32 Å². The smallest absolute Gasteiger partial charge is 0.254 e. The van der Waals surface area contributed by atoms with Crippen molar-refractivity contribution in [1.82, 2.24) is 5.32 Å². The van der Waals surface area contributed by atoms with Crippen molar-refractivity contribution in [3.05, 3.63) is 69.7 Å². The molecule has 2 nitrogen and oxygen atoms in total. The zero-order valence-corrected chi connectivity index (χ0v) is 11.8. The highest BCUT2D eigenvalue weighted by Gasteiger charge is 2.24. The minimum absolute atomic E-state index is 0.104. The van der Waals surface area contributed by atoms with Crippen LogP contribution in [0.25, 0.3) is 0 Å². The molecule has 1 N–H and O–H groups in total. The first-order valence-electron chi connectivity index (χ1n) is 6.57. The summed E-state index contributed by atoms with van der Waals surface area (Å²) in [6, 6.07) is 9.43. The molecule has 2 aromatic rings. The number of hydrogen-bond donors (Lipinski definition) is 1. The lowest BCUT2D eigenvalue weighted by Gasteiger charge is -2.12. The lowest BCUT2D eigenvalue weighted by Crippen LogP contribution is -2.35. The van der Waals surface area contributed by atoms with Crippen LogP contribution in [0.15, 0.2) is 36.4 Å². The molecule has 1 aliphatic rings. The van der Waals surface area contributed by atoms with E-state index in [0.29, 0.717) is 12.8 Å². The lowest BCUT2D eigenvalue weighted by molar-refractivity contribution is 0.0934. The number of rotatable bonds is 2. The Balaban J connectivity index is 1.75. The Morgan fingerprint density at radius 3 is 2.33 bits per heavy atom. The first kappa shape index (κ1) is 14.0. The van der Waals surface area contributed by atoms with E-state index in [2.05, 4.69) is 5.32 Å². The third-order valence-corrected chi connectivity index (χ3v) is 3.93. The average molecular weight is 308 g/mol. The molecule has 0 aliphatic heterocycles. The Labute approximate surface area is 125 Å². The fraction of sp³-hybridized carbons (Fsp3) is 0.188. The molecule has 0 radical (unpaired) electrons. The third-order valence-electron chi connectivity index (χ3n) is 3.64. The molecule has 2 aromatic carbocycles. The Morgan fingerprint density at radius 1 is 1.10 bits per heavy atom. The molecule has 5 heteroatoms. The van der Waals surface area contributed by atoms with Gasteiger partial charge in [-0.15, -0.1) is 0 Å². The summed E-state index contributed by atoms with van der Waals surface area (Å²) in [5.74, 6) is -2.26. The van der Waals surface area contributed by atoms with Gasteiger partial charge < -0.3 is 5.32 Å². The standard InChI is InChI=1S/C16H12ClF2NO/c17-13-8-14(18)12(7-15(13)19)16(21)20-11-5-9-3-1-2-4-10(9)6-11/h1-4,7-8,11H,5-6H2,(H,20,21). The third kappa shape index (κ3) is 2.76. The molecule has 0 saturated heterocycles. The van der Waals surface area contributed by atoms with Gasteiger partial charge in [-0.1, -0.05) is 35.9 Å². The second-order valence-corrected chi connectivity index (χ2v) is 5.50. The van der Waals surface area contributed by atoms with Gasteiger partial charge in [-0.2, -0.15) is 0 Å². The molecular formula is C16H12ClF2NO. The second-order valence-electron chi connectivity index (χ2n) is 5.09. The molecular weight excluding hydrogens is 296 g/mol. The molecule has 0 unspecified atom stereocenters. The summed E-state index contributed by atoms with van der Waals surface area (Å²) >= 11 is 5.48. The van der Waals surface area contributed by atoms with Crippen molar-refractivity contribution in [2.45, 2.75) is 18.9 Å². The normalized spacial score (nSPS) is 14.0. The highest BCUT2D eigenvalue weighted by molar-refractivity contribution is 6.30. The topological polar surface area (TPSA) is 29.1 Å². The predicted molar refractivity (Wildman–Crippen MR) is 76.5 cm³/mol. The number of hydrogen-bond acceptors (Lipinski definition) is 1. The summed E-state index contributed by atoms with van der Waals surface area (Å²) in [6.45, 7) is 0. The molecule has 21 heavy (non-hydrogen) atoms. The van der Waals surface area contributed by atoms with Crippen molar-refractivity contribution in [2.75, 3.05) is 0 Å². The second kappa shape index (κ2) is 5.45. The van der Waals surface area contributed by atoms with Gasteiger partial charge in [0.2, 0.25) is 0 Å². The Bertz CT molecular complexity index is 692. The van der Waals surface area contributed by atoms with Gasteiger partial charge in [0.05, 0.1) is 10.6 Å². The molecule has 1 aliphatic carbocycles. The summed E-state index contributed by atoms with van der Waals surface area (Å²) in [6.07, 6.45) is 1.39. The summed E-state index contributed by atoms with van der Waals surface area (Å²) in [5.41, 5.74) is 2.02. The molecule has 0 spiro atoms. The first-order chi connectivity index (χ1) is 10.0. The fourth-order valence-corrected chi connectivity index (χ4v) is 2.77. The minimum Gasteiger partial charge on any atom is -0.349 e. The Morgan fingerprint density at radius 2 is 1.71 bits per heavy atom. The van der Waals surface area contributed by atoms with Crippen LogP contribution in [-0.4, -0.2) is 11.9 Å². The molecule has 3 rings (SSSR count). The highest BCUT2D eigenvalue weighted by Crippen LogP contribution is 2.23. The quantitative estimate of drug-likeness (QED) is 0.845. The van der Waals surface area contributed by atoms with E-state index in [1.165, 1.54) is 11.1 Å². The van der Waals surface area contributed by atoms with Gasteiger partial charge in [-0.25, -0.2) is 8.78 Å². The first-order valence-corrected chi connectivity index (χ1v) is 6.94. The summed E-state index contributed by atoms with van der Waals surface area (Å²) in [5, 5.41) is 2.41. The van der Waals surface area contributed by atoms with Crippen LogP contribution in [0.4, 0.5) is 8.78 Å². The van der Waals surface area contributed by atoms with Gasteiger partial charge in [0.15, 0.2) is 0 Å². The van der Waals surface area contributed by atoms with Crippen LogP contribution in [0, 0.1) is 11.6 Å². The van der Waals surface area contributed by atoms with Gasteiger partial charge in [-0.05, 0) is 36.1 Å². The number of carbonyl (C=O) groups excluding carboxylic acids is 1. The fourth-order valence-electron chi connectivity index (χ4n) is 2.62. The zero-order valence-electron chi connectivity index (χ0n) is 11.0. The number of nitrogens with one attached hydrogen (secondary N) is 1. The molecule has 0 fully saturated rings. The van der Waals surface area contributed by atoms with Crippen molar-refractivity contribution < 1.29 is 13.6 Å². The number of halogens is 3. The molecule has 108 valence electrons. The summed E-state index contributed by atoms with van der Waals surface area (Å²) in [7, 11) is 0. The largest absolute Gasteiger partial charge is 0.349 e. The number of carbonyl (C=O) groups is 1. The van der Waals surface area contributed by atoms with E-state index >= 15 is 0 Å². The van der Waals surface area contributed by atoms with Crippen LogP contribution in [0.3, 0.4) is 0 Å². The Hall–Kier alpha value is -1.94. The number of fused-ring (bicyclic) bond motifs is 1. The molecule has 0 aromatic heterocycles. The van der Waals surface area contributed by atoms with E-state index in [1.54, 1.807) is 0 Å². The molecule has 0 bridgehead atoms. The summed E-state index contributed by atoms with van der Waals surface area (Å²) < 4.78 is 27.1. The summed E-state index contributed by atoms with van der Waals surface area (Å²) in [4.78, 5) is 12.1. The van der Waals surface area contributed by atoms with E-state index in [1.807, 2.05) is 24.3 Å². The van der Waals surface area contributed by atoms with E-state index in [-0.39, 0.29) is 16.6 Å². The van der Waals surface area contributed by atoms with Crippen LogP contribution in [0.2, 0.25) is 5.02 Å². The molecule has 0 atom stereocenters. The van der Waals surface area contributed by atoms with E-state index in [0.717, 1.165) is 12.1 Å². The lowest BCUT2D eigenvalue weighted by atomic mass is 10.1. The number of amides is 1. The Kier molecular flexibility index (Phi) is 3.64. The van der Waals surface area contributed by atoms with Crippen LogP contribution in [0.1, 0.15) is 21.5 Å². The van der Waals surface area contributed by atoms with Gasteiger partial charge >= 0.3 is 0 Å². The molecule has 0 saturated carbocycles. The van der Waals surface area contributed by atoms with Gasteiger partial charge in [0.1, 0.15) is 11.6 Å². The van der Waals surface area contributed by atoms with Gasteiger partial charge in [0, 0.05) is 6.04 Å². The van der Waals surface area contributed by atoms with Crippen molar-refractivity contribution in [3.8, 4) is 0 Å². The van der Waals surface area contributed by atoms with Crippen molar-refractivity contribution >= 4 is 17.5 Å². The van der Waals surface area contributed by atoms with Crippen molar-refractivity contribution in [1.29, 1.82) is 0 Å². The minimum atomic E-state index is -0.825. The van der Waals surface area contributed by atoms with Crippen LogP contribution in [-0.2, 0) is 12.8 Å². The van der Waals surface area contributed by atoms with E-state index < -0.39 is 17.5 Å². The molecule has 1 amide bonds. The van der Waals surface area contributed by atoms with Gasteiger partial charge in [-0.3, -0.25) is 4.79 Å². The van der Waals surface area contributed by atoms with Crippen LogP contribution in [0.5, 0.6) is 0 Å². The maximum absolute atomic E-state index is 13.7. The van der Waals surface area contributed by atoms with Crippen molar-refractivity contribution in [3.63, 3.8) is 0 Å². The van der Waals surface area contributed by atoms with Crippen LogP contribution >= 0.6 is 11.6 Å². The zero-order chi connectivity index (χ0) is 15.0. The molecule has 0 heterocycles. The van der Waals surface area contributed by atoms with Crippen molar-refractivity contribution in [2.24, 2.45) is 0 Å². The predicted octanol–water partition coefficient (Wildman–Crippen LogP) is 3.52. The van der Waals surface area contributed by atoms with Gasteiger partial charge in [0.25, 0.3) is 5.91 Å². The number of benzene rings is 2.